The van der Waals surface area contributed by atoms with E-state index in [2.05, 4.69) is 35.3 Å². The summed E-state index contributed by atoms with van der Waals surface area (Å²) in [6, 6.07) is 45.9. The van der Waals surface area contributed by atoms with Gasteiger partial charge in [0.05, 0.1) is 12.2 Å². The van der Waals surface area contributed by atoms with Crippen molar-refractivity contribution >= 4 is 12.2 Å². The number of pyridine rings is 2. The zero-order valence-corrected chi connectivity index (χ0v) is 31.9. The fourth-order valence-electron chi connectivity index (χ4n) is 4.69. The molecule has 1 radical (unpaired) electrons. The second-order valence-corrected chi connectivity index (χ2v) is 11.7. The summed E-state index contributed by atoms with van der Waals surface area (Å²) < 4.78 is 11.6. The third kappa shape index (κ3) is 14.6. The number of rotatable bonds is 12. The molecule has 52 heavy (non-hydrogen) atoms. The molecule has 0 amide bonds. The number of benzene rings is 4. The van der Waals surface area contributed by atoms with Gasteiger partial charge < -0.3 is 29.7 Å². The number of aromatic nitrogens is 2. The van der Waals surface area contributed by atoms with Crippen molar-refractivity contribution in [3.63, 3.8) is 0 Å². The molecule has 0 aliphatic carbocycles. The Morgan fingerprint density at radius 2 is 1.00 bits per heavy atom. The van der Waals surface area contributed by atoms with Gasteiger partial charge in [0.25, 0.3) is 0 Å². The molecule has 2 N–H and O–H groups in total. The molecule has 6 rings (SSSR count). The molecule has 2 atom stereocenters. The molecule has 0 fully saturated rings. The van der Waals surface area contributed by atoms with Crippen LogP contribution in [0.5, 0.6) is 11.5 Å². The van der Waals surface area contributed by atoms with Gasteiger partial charge in [0.2, 0.25) is 0 Å². The first-order valence-electron chi connectivity index (χ1n) is 16.7. The van der Waals surface area contributed by atoms with Crippen molar-refractivity contribution in [3.05, 3.63) is 181 Å². The topological polar surface area (TPSA) is 84.7 Å². The number of hydrogen-bond acceptors (Lipinski definition) is 6. The maximum atomic E-state index is 8.56. The van der Waals surface area contributed by atoms with Crippen LogP contribution in [0.3, 0.4) is 0 Å². The second kappa shape index (κ2) is 22.6. The SMILES string of the molecule is C=Cc1ccc(COc2c[c-]c(-c3ccccn3)cc2)cc1.C=Cc1ccc(COc2c[c-]c(-c3ccccn3)cc2)cc1.CC(O)CC(C)O.[Ir]. The Morgan fingerprint density at radius 1 is 0.596 bits per heavy atom. The quantitative estimate of drug-likeness (QED) is 0.119. The summed E-state index contributed by atoms with van der Waals surface area (Å²) >= 11 is 0. The Morgan fingerprint density at radius 3 is 1.27 bits per heavy atom. The molecule has 0 aliphatic heterocycles. The van der Waals surface area contributed by atoms with Gasteiger partial charge in [-0.25, -0.2) is 0 Å². The third-order valence-electron chi connectivity index (χ3n) is 7.37. The third-order valence-corrected chi connectivity index (χ3v) is 7.37. The molecule has 4 aromatic carbocycles. The van der Waals surface area contributed by atoms with E-state index in [1.807, 2.05) is 133 Å². The maximum Gasteiger partial charge on any atom is 0.101 e. The van der Waals surface area contributed by atoms with E-state index in [1.54, 1.807) is 26.2 Å². The van der Waals surface area contributed by atoms with Crippen LogP contribution in [-0.4, -0.2) is 32.4 Å². The zero-order chi connectivity index (χ0) is 36.3. The van der Waals surface area contributed by atoms with Crippen LogP contribution in [0.15, 0.2) is 147 Å². The normalized spacial score (nSPS) is 11.2. The number of aliphatic hydroxyl groups excluding tert-OH is 2. The predicted molar refractivity (Wildman–Crippen MR) is 207 cm³/mol. The number of ether oxygens (including phenoxy) is 2. The molecule has 0 aliphatic rings. The van der Waals surface area contributed by atoms with Crippen LogP contribution in [0.1, 0.15) is 42.5 Å². The number of hydrogen-bond donors (Lipinski definition) is 2. The molecule has 6 nitrogen and oxygen atoms in total. The maximum absolute atomic E-state index is 8.56. The van der Waals surface area contributed by atoms with Crippen LogP contribution in [0.4, 0.5) is 0 Å². The number of aliphatic hydroxyl groups is 2. The van der Waals surface area contributed by atoms with Gasteiger partial charge in [-0.15, -0.1) is 59.7 Å². The Kier molecular flexibility index (Phi) is 17.9. The fraction of sp³-hybridized carbons (Fsp3) is 0.156. The summed E-state index contributed by atoms with van der Waals surface area (Å²) in [4.78, 5) is 8.62. The van der Waals surface area contributed by atoms with Crippen molar-refractivity contribution in [1.82, 2.24) is 9.97 Å². The first kappa shape index (κ1) is 41.3. The zero-order valence-electron chi connectivity index (χ0n) is 29.5. The Bertz CT molecular complexity index is 1720. The van der Waals surface area contributed by atoms with Gasteiger partial charge in [-0.3, -0.25) is 0 Å². The van der Waals surface area contributed by atoms with Crippen LogP contribution in [0.2, 0.25) is 0 Å². The second-order valence-electron chi connectivity index (χ2n) is 11.7. The van der Waals surface area contributed by atoms with Gasteiger partial charge in [-0.2, -0.15) is 0 Å². The van der Waals surface area contributed by atoms with Crippen LogP contribution >= 0.6 is 0 Å². The van der Waals surface area contributed by atoms with Gasteiger partial charge in [0, 0.05) is 44.0 Å². The Labute approximate surface area is 321 Å². The van der Waals surface area contributed by atoms with Crippen LogP contribution < -0.4 is 9.47 Å². The van der Waals surface area contributed by atoms with E-state index < -0.39 is 0 Å². The molecular weight excluding hydrogens is 825 g/mol. The van der Waals surface area contributed by atoms with E-state index in [1.165, 1.54) is 0 Å². The van der Waals surface area contributed by atoms with Gasteiger partial charge in [-0.05, 0) is 66.0 Å². The minimum absolute atomic E-state index is 0. The van der Waals surface area contributed by atoms with Crippen LogP contribution in [-0.2, 0) is 33.3 Å². The van der Waals surface area contributed by atoms with E-state index >= 15 is 0 Å². The molecule has 2 aromatic heterocycles. The molecule has 0 spiro atoms. The average molecular weight is 869 g/mol. The summed E-state index contributed by atoms with van der Waals surface area (Å²) in [7, 11) is 0. The molecular formula is C45H44IrN2O4-2. The minimum Gasteiger partial charge on any atom is -0.532 e. The summed E-state index contributed by atoms with van der Waals surface area (Å²) in [5.41, 5.74) is 8.21. The molecule has 7 heteroatoms. The van der Waals surface area contributed by atoms with Gasteiger partial charge in [-0.1, -0.05) is 98.1 Å². The van der Waals surface area contributed by atoms with Crippen molar-refractivity contribution in [3.8, 4) is 34.0 Å². The summed E-state index contributed by atoms with van der Waals surface area (Å²) in [5, 5.41) is 17.1. The molecule has 0 saturated carbocycles. The van der Waals surface area contributed by atoms with Crippen molar-refractivity contribution in [2.45, 2.75) is 45.7 Å². The largest absolute Gasteiger partial charge is 0.532 e. The molecule has 2 unspecified atom stereocenters. The Balaban J connectivity index is 0.000000234. The molecule has 2 heterocycles. The predicted octanol–water partition coefficient (Wildman–Crippen LogP) is 9.68. The van der Waals surface area contributed by atoms with E-state index in [4.69, 9.17) is 19.7 Å². The van der Waals surface area contributed by atoms with Crippen molar-refractivity contribution in [1.29, 1.82) is 0 Å². The van der Waals surface area contributed by atoms with Gasteiger partial charge in [0.1, 0.15) is 13.2 Å². The summed E-state index contributed by atoms with van der Waals surface area (Å²) in [5.74, 6) is 1.60. The minimum atomic E-state index is -0.375. The summed E-state index contributed by atoms with van der Waals surface area (Å²) in [6.07, 6.45) is 6.94. The fourth-order valence-corrected chi connectivity index (χ4v) is 4.69. The van der Waals surface area contributed by atoms with Crippen molar-refractivity contribution < 1.29 is 39.8 Å². The van der Waals surface area contributed by atoms with E-state index in [0.717, 1.165) is 56.3 Å². The van der Waals surface area contributed by atoms with Crippen LogP contribution in [0, 0.1) is 12.1 Å². The monoisotopic (exact) mass is 869 g/mol. The van der Waals surface area contributed by atoms with E-state index in [9.17, 15) is 0 Å². The standard InChI is InChI=1S/2C20H16NO.C5H12O2.Ir/c2*1-2-16-6-8-17(9-7-16)15-22-19-12-10-18(11-13-19)20-5-3-4-14-21-20;1-4(6)3-5(2)7;/h2*2-10,12-14H,1,15H2;4-7H,3H2,1-2H3;/q2*-1;;. The summed E-state index contributed by atoms with van der Waals surface area (Å²) in [6.45, 7) is 11.9. The molecule has 269 valence electrons. The smallest absolute Gasteiger partial charge is 0.101 e. The van der Waals surface area contributed by atoms with Gasteiger partial charge >= 0.3 is 0 Å². The Hall–Kier alpha value is -5.17. The van der Waals surface area contributed by atoms with Crippen LogP contribution in [0.25, 0.3) is 34.7 Å². The molecule has 0 bridgehead atoms. The average Bonchev–Trinajstić information content (AvgIpc) is 3.18. The molecule has 6 aromatic rings. The first-order valence-corrected chi connectivity index (χ1v) is 16.7. The van der Waals surface area contributed by atoms with Crippen molar-refractivity contribution in [2.24, 2.45) is 0 Å². The first-order chi connectivity index (χ1) is 24.8. The van der Waals surface area contributed by atoms with E-state index in [0.29, 0.717) is 19.6 Å². The molecule has 0 saturated heterocycles. The van der Waals surface area contributed by atoms with Gasteiger partial charge in [0.15, 0.2) is 0 Å². The van der Waals surface area contributed by atoms with E-state index in [-0.39, 0.29) is 32.3 Å². The van der Waals surface area contributed by atoms with Crippen molar-refractivity contribution in [2.75, 3.05) is 0 Å². The number of nitrogens with zero attached hydrogens (tertiary/aromatic N) is 2.